The first-order valence-corrected chi connectivity index (χ1v) is 5.34. The molecular formula is C11H14O4Rf2-2. The summed E-state index contributed by atoms with van der Waals surface area (Å²) in [5, 5.41) is 0. The van der Waals surface area contributed by atoms with Crippen molar-refractivity contribution in [1.29, 1.82) is 0 Å². The van der Waals surface area contributed by atoms with Crippen molar-refractivity contribution in [3.05, 3.63) is 0 Å². The molecule has 88 valence electrons. The minimum absolute atomic E-state index is 0. The van der Waals surface area contributed by atoms with Crippen molar-refractivity contribution in [2.75, 3.05) is 13.2 Å². The molecule has 0 aromatic carbocycles. The van der Waals surface area contributed by atoms with Crippen molar-refractivity contribution >= 4 is 12.9 Å². The maximum Gasteiger partial charge on any atom is 0.0516 e. The number of ether oxygens (including phenoxy) is 2. The Morgan fingerprint density at radius 1 is 0.882 bits per heavy atom. The molecule has 0 aliphatic heterocycles. The molecule has 2 fully saturated rings. The number of carbonyl (C=O) groups excluding carboxylic acids is 2. The SMILES string of the molecule is O=[C-]OCC1C2CCC(C2)C1CO[C-]=O.[Rf].[Rf]. The quantitative estimate of drug-likeness (QED) is 0.379. The Bertz CT molecular complexity index is 226. The fourth-order valence-corrected chi connectivity index (χ4v) is 3.31. The molecule has 0 aromatic rings. The second-order valence-electron chi connectivity index (χ2n) is 4.45. The van der Waals surface area contributed by atoms with Crippen LogP contribution in [0.15, 0.2) is 0 Å². The Morgan fingerprint density at radius 2 is 1.29 bits per heavy atom. The van der Waals surface area contributed by atoms with Crippen molar-refractivity contribution in [3.63, 3.8) is 0 Å². The van der Waals surface area contributed by atoms with Gasteiger partial charge in [-0.25, -0.2) is 0 Å². The molecule has 0 saturated heterocycles. The monoisotopic (exact) mass is 744 g/mol. The van der Waals surface area contributed by atoms with Crippen LogP contribution < -0.4 is 0 Å². The van der Waals surface area contributed by atoms with Crippen LogP contribution in [0.5, 0.6) is 0 Å². The molecule has 4 atom stereocenters. The van der Waals surface area contributed by atoms with Crippen molar-refractivity contribution in [2.45, 2.75) is 19.3 Å². The van der Waals surface area contributed by atoms with E-state index in [4.69, 9.17) is 9.47 Å². The summed E-state index contributed by atoms with van der Waals surface area (Å²) in [5.41, 5.74) is 0. The Hall–Kier alpha value is -3.06. The minimum atomic E-state index is 0. The van der Waals surface area contributed by atoms with Crippen molar-refractivity contribution in [3.8, 4) is 0 Å². The van der Waals surface area contributed by atoms with E-state index in [1.54, 1.807) is 0 Å². The Labute approximate surface area is 88.9 Å². The van der Waals surface area contributed by atoms with Gasteiger partial charge in [-0.3, -0.25) is 0 Å². The standard InChI is InChI=1S/C11H14O4.2Rf/c12-6-14-4-10-8-1-2-9(3-8)11(10)5-15-7-13;;/h8-11H,1-5H2;;/q-2;;. The Morgan fingerprint density at radius 3 is 1.65 bits per heavy atom. The first-order chi connectivity index (χ1) is 7.36. The van der Waals surface area contributed by atoms with Crippen molar-refractivity contribution in [1.82, 2.24) is 0 Å². The van der Waals surface area contributed by atoms with E-state index < -0.39 is 0 Å². The summed E-state index contributed by atoms with van der Waals surface area (Å²) >= 11 is 0. The second kappa shape index (κ2) is 5.73. The largest absolute Gasteiger partial charge is 0.652 e. The summed E-state index contributed by atoms with van der Waals surface area (Å²) in [4.78, 5) is 20.1. The minimum Gasteiger partial charge on any atom is -0.652 e. The van der Waals surface area contributed by atoms with Gasteiger partial charge in [-0.2, -0.15) is 0 Å². The molecular weight excluding hydrogens is 730 g/mol. The third-order valence-corrected chi connectivity index (χ3v) is 3.94. The summed E-state index contributed by atoms with van der Waals surface area (Å²) in [5.74, 6) is 1.95. The van der Waals surface area contributed by atoms with Gasteiger partial charge in [0.1, 0.15) is 0 Å². The predicted molar refractivity (Wildman–Crippen MR) is 51.1 cm³/mol. The number of hydrogen-bond donors (Lipinski definition) is 0. The summed E-state index contributed by atoms with van der Waals surface area (Å²) in [6.45, 7) is 3.75. The molecule has 0 amide bonds. The summed E-state index contributed by atoms with van der Waals surface area (Å²) in [6.07, 6.45) is 3.59. The predicted octanol–water partition coefficient (Wildman–Crippen LogP) is 0.816. The Kier molecular flexibility index (Phi) is 4.70. The molecule has 2 bridgehead atoms. The van der Waals surface area contributed by atoms with E-state index in [-0.39, 0.29) is 0 Å². The maximum atomic E-state index is 10.0. The van der Waals surface area contributed by atoms with E-state index in [1.807, 2.05) is 0 Å². The van der Waals surface area contributed by atoms with Gasteiger partial charge < -0.3 is 19.1 Å². The summed E-state index contributed by atoms with van der Waals surface area (Å²) in [6, 6.07) is 0. The fraction of sp³-hybridized carbons (Fsp3) is 0.818. The van der Waals surface area contributed by atoms with E-state index in [9.17, 15) is 9.59 Å². The van der Waals surface area contributed by atoms with E-state index in [1.165, 1.54) is 32.2 Å². The van der Waals surface area contributed by atoms with Gasteiger partial charge in [-0.05, 0) is 42.9 Å². The van der Waals surface area contributed by atoms with Gasteiger partial charge >= 0.3 is 0 Å². The molecule has 2 saturated carbocycles. The zero-order chi connectivity index (χ0) is 10.7. The molecule has 4 nitrogen and oxygen atoms in total. The van der Waals surface area contributed by atoms with E-state index in [2.05, 4.69) is 0 Å². The zero-order valence-electron chi connectivity index (χ0n) is 9.89. The van der Waals surface area contributed by atoms with Crippen LogP contribution in [-0.2, 0) is 19.1 Å². The van der Waals surface area contributed by atoms with Crippen LogP contribution in [0.2, 0.25) is 0 Å². The van der Waals surface area contributed by atoms with Crippen LogP contribution in [0.25, 0.3) is 0 Å². The third-order valence-electron chi connectivity index (χ3n) is 3.94. The maximum absolute atomic E-state index is 10.0. The van der Waals surface area contributed by atoms with Crippen LogP contribution in [0, 0.1) is 23.7 Å². The average molecular weight is 744 g/mol. The normalized spacial score (nSPS) is 33.2. The molecule has 0 aromatic heterocycles. The van der Waals surface area contributed by atoms with Crippen molar-refractivity contribution in [2.24, 2.45) is 23.7 Å². The molecule has 2 aliphatic rings. The number of rotatable bonds is 6. The first-order valence-electron chi connectivity index (χ1n) is 5.34. The van der Waals surface area contributed by atoms with Crippen LogP contribution in [0.4, 0.5) is 0 Å². The van der Waals surface area contributed by atoms with Gasteiger partial charge in [0.05, 0.1) is 13.2 Å². The van der Waals surface area contributed by atoms with Crippen molar-refractivity contribution < 1.29 is 19.1 Å². The smallest absolute Gasteiger partial charge is 0.0516 e. The molecule has 4 unspecified atom stereocenters. The first kappa shape index (κ1) is 13.9. The Balaban J connectivity index is 0.00000128. The van der Waals surface area contributed by atoms with Crippen LogP contribution in [0.3, 0.4) is 0 Å². The average Bonchev–Trinajstić information content (AvgIpc) is 2.83. The molecule has 2 aliphatic carbocycles. The van der Waals surface area contributed by atoms with Gasteiger partial charge in [0.25, 0.3) is 0 Å². The third kappa shape index (κ3) is 2.30. The van der Waals surface area contributed by atoms with Gasteiger partial charge in [-0.15, -0.1) is 0 Å². The van der Waals surface area contributed by atoms with E-state index in [0.29, 0.717) is 36.9 Å². The van der Waals surface area contributed by atoms with Crippen LogP contribution in [0.1, 0.15) is 19.3 Å². The molecule has 0 heterocycles. The molecule has 2 rings (SSSR count). The summed E-state index contributed by atoms with van der Waals surface area (Å²) in [7, 11) is 0. The molecule has 6 heteroatoms. The van der Waals surface area contributed by atoms with Gasteiger partial charge in [0.15, 0.2) is 0 Å². The number of fused-ring (bicyclic) bond motifs is 2. The van der Waals surface area contributed by atoms with E-state index >= 15 is 0 Å². The van der Waals surface area contributed by atoms with E-state index in [0.717, 1.165) is 0 Å². The molecule has 0 radical (unpaired) electrons. The van der Waals surface area contributed by atoms with Gasteiger partial charge in [0, 0.05) is 0 Å². The molecule has 0 spiro atoms. The van der Waals surface area contributed by atoms with Gasteiger partial charge in [0.2, 0.25) is 0 Å². The number of hydrogen-bond acceptors (Lipinski definition) is 4. The van der Waals surface area contributed by atoms with Crippen LogP contribution in [-0.4, -0.2) is 26.2 Å². The van der Waals surface area contributed by atoms with Crippen LogP contribution >= 0.6 is 0 Å². The molecule has 17 heavy (non-hydrogen) atoms. The molecule has 0 N–H and O–H groups in total. The zero-order valence-corrected chi connectivity index (χ0v) is 22.7. The summed E-state index contributed by atoms with van der Waals surface area (Å²) < 4.78 is 9.44. The van der Waals surface area contributed by atoms with Gasteiger partial charge in [-0.1, -0.05) is 12.9 Å². The topological polar surface area (TPSA) is 52.6 Å². The second-order valence-corrected chi connectivity index (χ2v) is 4.45. The fourth-order valence-electron chi connectivity index (χ4n) is 3.31.